The van der Waals surface area contributed by atoms with E-state index in [0.717, 1.165) is 5.69 Å². The number of benzene rings is 2. The van der Waals surface area contributed by atoms with Crippen LogP contribution in [0.15, 0.2) is 42.5 Å². The Hall–Kier alpha value is -1.54. The first-order chi connectivity index (χ1) is 8.15. The van der Waals surface area contributed by atoms with Crippen LogP contribution in [0.1, 0.15) is 11.1 Å². The summed E-state index contributed by atoms with van der Waals surface area (Å²) in [6, 6.07) is 12.9. The molecule has 0 heterocycles. The van der Waals surface area contributed by atoms with Crippen molar-refractivity contribution in [2.75, 3.05) is 5.32 Å². The quantitative estimate of drug-likeness (QED) is 0.850. The summed E-state index contributed by atoms with van der Waals surface area (Å²) in [7, 11) is 0. The molecule has 88 valence electrons. The minimum atomic E-state index is -0.396. The van der Waals surface area contributed by atoms with Gasteiger partial charge in [-0.25, -0.2) is 4.39 Å². The molecule has 0 aliphatic heterocycles. The lowest BCUT2D eigenvalue weighted by atomic mass is 10.1. The molecule has 0 bridgehead atoms. The molecule has 0 saturated heterocycles. The van der Waals surface area contributed by atoms with E-state index in [0.29, 0.717) is 6.54 Å². The van der Waals surface area contributed by atoms with Crippen molar-refractivity contribution >= 4 is 17.3 Å². The van der Waals surface area contributed by atoms with Crippen molar-refractivity contribution in [3.8, 4) is 0 Å². The van der Waals surface area contributed by atoms with E-state index in [-0.39, 0.29) is 5.02 Å². The smallest absolute Gasteiger partial charge is 0.141 e. The molecule has 0 aliphatic rings. The summed E-state index contributed by atoms with van der Waals surface area (Å²) in [5.74, 6) is -0.396. The van der Waals surface area contributed by atoms with Crippen molar-refractivity contribution in [2.24, 2.45) is 0 Å². The average molecular weight is 250 g/mol. The van der Waals surface area contributed by atoms with Gasteiger partial charge in [0.15, 0.2) is 0 Å². The number of hydrogen-bond donors (Lipinski definition) is 1. The molecule has 3 heteroatoms. The maximum absolute atomic E-state index is 12.9. The van der Waals surface area contributed by atoms with Gasteiger partial charge in [0.1, 0.15) is 5.82 Å². The Morgan fingerprint density at radius 2 is 1.82 bits per heavy atom. The Morgan fingerprint density at radius 1 is 1.12 bits per heavy atom. The molecule has 2 aromatic carbocycles. The van der Waals surface area contributed by atoms with Gasteiger partial charge in [0.05, 0.1) is 5.02 Å². The highest BCUT2D eigenvalue weighted by atomic mass is 35.5. The van der Waals surface area contributed by atoms with Gasteiger partial charge < -0.3 is 5.32 Å². The molecule has 0 atom stereocenters. The summed E-state index contributed by atoms with van der Waals surface area (Å²) in [6.07, 6.45) is 0. The minimum Gasteiger partial charge on any atom is -0.381 e. The first-order valence-electron chi connectivity index (χ1n) is 5.39. The van der Waals surface area contributed by atoms with E-state index in [4.69, 9.17) is 11.6 Å². The molecule has 0 saturated carbocycles. The van der Waals surface area contributed by atoms with E-state index in [1.165, 1.54) is 17.2 Å². The molecule has 17 heavy (non-hydrogen) atoms. The van der Waals surface area contributed by atoms with Gasteiger partial charge in [0.2, 0.25) is 0 Å². The highest BCUT2D eigenvalue weighted by molar-refractivity contribution is 6.31. The maximum atomic E-state index is 12.9. The molecule has 0 fully saturated rings. The summed E-state index contributed by atoms with van der Waals surface area (Å²) < 4.78 is 12.9. The average Bonchev–Trinajstić information content (AvgIpc) is 2.33. The number of anilines is 1. The van der Waals surface area contributed by atoms with Crippen molar-refractivity contribution < 1.29 is 4.39 Å². The van der Waals surface area contributed by atoms with Crippen molar-refractivity contribution in [2.45, 2.75) is 13.5 Å². The summed E-state index contributed by atoms with van der Waals surface area (Å²) in [5.41, 5.74) is 3.23. The lowest BCUT2D eigenvalue weighted by Crippen LogP contribution is -1.99. The number of hydrogen-bond acceptors (Lipinski definition) is 1. The van der Waals surface area contributed by atoms with Crippen LogP contribution in [0.25, 0.3) is 0 Å². The van der Waals surface area contributed by atoms with E-state index in [2.05, 4.69) is 36.5 Å². The molecule has 0 unspecified atom stereocenters. The van der Waals surface area contributed by atoms with Gasteiger partial charge in [-0.3, -0.25) is 0 Å². The third-order valence-corrected chi connectivity index (χ3v) is 2.83. The Labute approximate surface area is 105 Å². The Bertz CT molecular complexity index is 508. The van der Waals surface area contributed by atoms with Crippen molar-refractivity contribution in [3.05, 3.63) is 64.4 Å². The molecule has 0 aliphatic carbocycles. The van der Waals surface area contributed by atoms with Crippen molar-refractivity contribution in [1.82, 2.24) is 0 Å². The molecule has 0 radical (unpaired) electrons. The van der Waals surface area contributed by atoms with Crippen LogP contribution in [-0.4, -0.2) is 0 Å². The zero-order chi connectivity index (χ0) is 12.3. The van der Waals surface area contributed by atoms with Crippen LogP contribution >= 0.6 is 11.6 Å². The van der Waals surface area contributed by atoms with Crippen LogP contribution in [0.2, 0.25) is 5.02 Å². The SMILES string of the molecule is Cc1ccc(CNc2ccc(F)c(Cl)c2)cc1. The zero-order valence-corrected chi connectivity index (χ0v) is 10.3. The topological polar surface area (TPSA) is 12.0 Å². The summed E-state index contributed by atoms with van der Waals surface area (Å²) in [5, 5.41) is 3.34. The first-order valence-corrected chi connectivity index (χ1v) is 5.77. The first kappa shape index (κ1) is 11.9. The number of halogens is 2. The molecule has 1 N–H and O–H groups in total. The van der Waals surface area contributed by atoms with E-state index < -0.39 is 5.82 Å². The standard InChI is InChI=1S/C14H13ClFN/c1-10-2-4-11(5-3-10)9-17-12-6-7-14(16)13(15)8-12/h2-8,17H,9H2,1H3. The fourth-order valence-electron chi connectivity index (χ4n) is 1.52. The van der Waals surface area contributed by atoms with Gasteiger partial charge in [-0.2, -0.15) is 0 Å². The van der Waals surface area contributed by atoms with Gasteiger partial charge in [0.25, 0.3) is 0 Å². The van der Waals surface area contributed by atoms with Crippen LogP contribution in [0.5, 0.6) is 0 Å². The maximum Gasteiger partial charge on any atom is 0.141 e. The normalized spacial score (nSPS) is 10.3. The fourth-order valence-corrected chi connectivity index (χ4v) is 1.70. The third kappa shape index (κ3) is 3.21. The third-order valence-electron chi connectivity index (χ3n) is 2.54. The van der Waals surface area contributed by atoms with Crippen molar-refractivity contribution in [1.29, 1.82) is 0 Å². The second-order valence-electron chi connectivity index (χ2n) is 3.97. The van der Waals surface area contributed by atoms with Gasteiger partial charge in [0, 0.05) is 12.2 Å². The second kappa shape index (κ2) is 5.19. The highest BCUT2D eigenvalue weighted by Gasteiger charge is 2.00. The zero-order valence-electron chi connectivity index (χ0n) is 9.50. The molecular formula is C14H13ClFN. The number of aryl methyl sites for hydroxylation is 1. The van der Waals surface area contributed by atoms with E-state index in [1.54, 1.807) is 12.1 Å². The Morgan fingerprint density at radius 3 is 2.47 bits per heavy atom. The van der Waals surface area contributed by atoms with Crippen LogP contribution in [0, 0.1) is 12.7 Å². The van der Waals surface area contributed by atoms with Crippen LogP contribution < -0.4 is 5.32 Å². The van der Waals surface area contributed by atoms with Crippen molar-refractivity contribution in [3.63, 3.8) is 0 Å². The molecule has 2 aromatic rings. The number of nitrogens with one attached hydrogen (secondary N) is 1. The molecular weight excluding hydrogens is 237 g/mol. The van der Waals surface area contributed by atoms with Crippen LogP contribution in [-0.2, 0) is 6.54 Å². The molecule has 0 aromatic heterocycles. The predicted octanol–water partition coefficient (Wildman–Crippen LogP) is 4.40. The van der Waals surface area contributed by atoms with Gasteiger partial charge in [-0.1, -0.05) is 41.4 Å². The molecule has 0 amide bonds. The van der Waals surface area contributed by atoms with Gasteiger partial charge in [-0.15, -0.1) is 0 Å². The molecule has 0 spiro atoms. The Balaban J connectivity index is 2.02. The minimum absolute atomic E-state index is 0.138. The fraction of sp³-hybridized carbons (Fsp3) is 0.143. The molecule has 1 nitrogen and oxygen atoms in total. The molecule has 2 rings (SSSR count). The summed E-state index contributed by atoms with van der Waals surface area (Å²) >= 11 is 5.70. The monoisotopic (exact) mass is 249 g/mol. The predicted molar refractivity (Wildman–Crippen MR) is 69.9 cm³/mol. The largest absolute Gasteiger partial charge is 0.381 e. The van der Waals surface area contributed by atoms with Gasteiger partial charge in [-0.05, 0) is 30.7 Å². The van der Waals surface area contributed by atoms with E-state index in [1.807, 2.05) is 0 Å². The summed E-state index contributed by atoms with van der Waals surface area (Å²) in [4.78, 5) is 0. The van der Waals surface area contributed by atoms with E-state index >= 15 is 0 Å². The second-order valence-corrected chi connectivity index (χ2v) is 4.38. The summed E-state index contributed by atoms with van der Waals surface area (Å²) in [6.45, 7) is 2.75. The lowest BCUT2D eigenvalue weighted by molar-refractivity contribution is 0.628. The van der Waals surface area contributed by atoms with E-state index in [9.17, 15) is 4.39 Å². The lowest BCUT2D eigenvalue weighted by Gasteiger charge is -2.07. The van der Waals surface area contributed by atoms with Crippen LogP contribution in [0.4, 0.5) is 10.1 Å². The highest BCUT2D eigenvalue weighted by Crippen LogP contribution is 2.19. The Kier molecular flexibility index (Phi) is 3.64. The van der Waals surface area contributed by atoms with Gasteiger partial charge >= 0.3 is 0 Å². The number of rotatable bonds is 3. The van der Waals surface area contributed by atoms with Crippen LogP contribution in [0.3, 0.4) is 0 Å².